The van der Waals surface area contributed by atoms with Crippen LogP contribution < -0.4 is 4.74 Å². The standard InChI is InChI=1S/C12H9Cl2NO/c13-8-9-4-3-7-15-12(9)16-11-6-2-1-5-10(11)14/h1-7H,8H2. The van der Waals surface area contributed by atoms with Crippen LogP contribution in [-0.4, -0.2) is 4.98 Å². The molecule has 2 aromatic rings. The van der Waals surface area contributed by atoms with E-state index in [4.69, 9.17) is 27.9 Å². The van der Waals surface area contributed by atoms with Crippen LogP contribution in [0.5, 0.6) is 11.6 Å². The zero-order chi connectivity index (χ0) is 11.4. The molecular formula is C12H9Cl2NO. The zero-order valence-electron chi connectivity index (χ0n) is 8.36. The first kappa shape index (κ1) is 11.2. The third kappa shape index (κ3) is 2.46. The van der Waals surface area contributed by atoms with E-state index in [-0.39, 0.29) is 0 Å². The molecule has 0 amide bonds. The molecule has 1 heterocycles. The molecule has 0 spiro atoms. The summed E-state index contributed by atoms with van der Waals surface area (Å²) in [6.07, 6.45) is 1.65. The number of halogens is 2. The van der Waals surface area contributed by atoms with E-state index in [1.54, 1.807) is 18.3 Å². The van der Waals surface area contributed by atoms with Gasteiger partial charge in [0.05, 0.1) is 10.9 Å². The molecule has 1 aromatic heterocycles. The Kier molecular flexibility index (Phi) is 3.65. The number of hydrogen-bond acceptors (Lipinski definition) is 2. The number of para-hydroxylation sites is 1. The molecular weight excluding hydrogens is 245 g/mol. The monoisotopic (exact) mass is 253 g/mol. The van der Waals surface area contributed by atoms with Crippen molar-refractivity contribution in [3.05, 3.63) is 53.2 Å². The average Bonchev–Trinajstić information content (AvgIpc) is 2.33. The molecule has 4 heteroatoms. The van der Waals surface area contributed by atoms with Gasteiger partial charge in [0.15, 0.2) is 0 Å². The van der Waals surface area contributed by atoms with Crippen molar-refractivity contribution in [2.45, 2.75) is 5.88 Å². The van der Waals surface area contributed by atoms with E-state index >= 15 is 0 Å². The first-order valence-corrected chi connectivity index (χ1v) is 5.65. The predicted molar refractivity (Wildman–Crippen MR) is 65.3 cm³/mol. The lowest BCUT2D eigenvalue weighted by molar-refractivity contribution is 0.458. The van der Waals surface area contributed by atoms with Gasteiger partial charge in [-0.25, -0.2) is 4.98 Å². The number of pyridine rings is 1. The van der Waals surface area contributed by atoms with Crippen LogP contribution in [0, 0.1) is 0 Å². The highest BCUT2D eigenvalue weighted by atomic mass is 35.5. The summed E-state index contributed by atoms with van der Waals surface area (Å²) in [7, 11) is 0. The van der Waals surface area contributed by atoms with Gasteiger partial charge in [0.2, 0.25) is 5.88 Å². The van der Waals surface area contributed by atoms with Crippen LogP contribution >= 0.6 is 23.2 Å². The van der Waals surface area contributed by atoms with E-state index in [0.717, 1.165) is 5.56 Å². The maximum absolute atomic E-state index is 5.98. The van der Waals surface area contributed by atoms with Gasteiger partial charge in [-0.15, -0.1) is 11.6 Å². The van der Waals surface area contributed by atoms with Crippen molar-refractivity contribution in [2.75, 3.05) is 0 Å². The van der Waals surface area contributed by atoms with Crippen LogP contribution in [0.25, 0.3) is 0 Å². The number of rotatable bonds is 3. The fourth-order valence-corrected chi connectivity index (χ4v) is 1.63. The van der Waals surface area contributed by atoms with Gasteiger partial charge in [-0.1, -0.05) is 29.8 Å². The highest BCUT2D eigenvalue weighted by Crippen LogP contribution is 2.29. The molecule has 0 fully saturated rings. The minimum Gasteiger partial charge on any atom is -0.437 e. The minimum absolute atomic E-state index is 0.355. The Hall–Kier alpha value is -1.25. The van der Waals surface area contributed by atoms with E-state index in [1.165, 1.54) is 0 Å². The molecule has 0 radical (unpaired) electrons. The number of ether oxygens (including phenoxy) is 1. The lowest BCUT2D eigenvalue weighted by Crippen LogP contribution is -1.92. The van der Waals surface area contributed by atoms with Gasteiger partial charge in [0.1, 0.15) is 5.75 Å². The Balaban J connectivity index is 2.30. The largest absolute Gasteiger partial charge is 0.437 e. The van der Waals surface area contributed by atoms with Crippen molar-refractivity contribution in [1.29, 1.82) is 0 Å². The van der Waals surface area contributed by atoms with E-state index in [9.17, 15) is 0 Å². The molecule has 82 valence electrons. The maximum Gasteiger partial charge on any atom is 0.223 e. The molecule has 0 atom stereocenters. The van der Waals surface area contributed by atoms with Crippen LogP contribution in [0.2, 0.25) is 5.02 Å². The summed E-state index contributed by atoms with van der Waals surface area (Å²) in [5.41, 5.74) is 0.837. The zero-order valence-corrected chi connectivity index (χ0v) is 9.87. The normalized spacial score (nSPS) is 10.1. The van der Waals surface area contributed by atoms with Gasteiger partial charge in [-0.2, -0.15) is 0 Å². The van der Waals surface area contributed by atoms with Crippen molar-refractivity contribution in [2.24, 2.45) is 0 Å². The van der Waals surface area contributed by atoms with E-state index < -0.39 is 0 Å². The van der Waals surface area contributed by atoms with Gasteiger partial charge in [-0.05, 0) is 18.2 Å². The molecule has 1 aromatic carbocycles. The smallest absolute Gasteiger partial charge is 0.223 e. The van der Waals surface area contributed by atoms with Crippen LogP contribution in [0.15, 0.2) is 42.6 Å². The van der Waals surface area contributed by atoms with Crippen molar-refractivity contribution < 1.29 is 4.74 Å². The van der Waals surface area contributed by atoms with E-state index in [0.29, 0.717) is 22.5 Å². The number of nitrogens with zero attached hydrogens (tertiary/aromatic N) is 1. The van der Waals surface area contributed by atoms with Crippen LogP contribution in [-0.2, 0) is 5.88 Å². The fraction of sp³-hybridized carbons (Fsp3) is 0.0833. The topological polar surface area (TPSA) is 22.1 Å². The molecule has 0 saturated carbocycles. The second kappa shape index (κ2) is 5.19. The maximum atomic E-state index is 5.98. The molecule has 0 N–H and O–H groups in total. The third-order valence-electron chi connectivity index (χ3n) is 2.04. The second-order valence-corrected chi connectivity index (χ2v) is 3.81. The summed E-state index contributed by atoms with van der Waals surface area (Å²) >= 11 is 11.8. The predicted octanol–water partition coefficient (Wildman–Crippen LogP) is 4.27. The number of alkyl halides is 1. The molecule has 0 bridgehead atoms. The summed E-state index contributed by atoms with van der Waals surface area (Å²) in [5.74, 6) is 1.42. The van der Waals surface area contributed by atoms with Gasteiger partial charge in [-0.3, -0.25) is 0 Å². The Morgan fingerprint density at radius 2 is 1.94 bits per heavy atom. The lowest BCUT2D eigenvalue weighted by atomic mass is 10.3. The summed E-state index contributed by atoms with van der Waals surface area (Å²) < 4.78 is 5.60. The molecule has 0 unspecified atom stereocenters. The minimum atomic E-state index is 0.355. The van der Waals surface area contributed by atoms with Gasteiger partial charge < -0.3 is 4.74 Å². The third-order valence-corrected chi connectivity index (χ3v) is 2.64. The molecule has 0 saturated heterocycles. The second-order valence-electron chi connectivity index (χ2n) is 3.13. The lowest BCUT2D eigenvalue weighted by Gasteiger charge is -2.08. The van der Waals surface area contributed by atoms with Crippen molar-refractivity contribution >= 4 is 23.2 Å². The van der Waals surface area contributed by atoms with E-state index in [1.807, 2.05) is 24.3 Å². The van der Waals surface area contributed by atoms with E-state index in [2.05, 4.69) is 4.98 Å². The summed E-state index contributed by atoms with van der Waals surface area (Å²) in [5, 5.41) is 0.550. The van der Waals surface area contributed by atoms with Crippen LogP contribution in [0.3, 0.4) is 0 Å². The van der Waals surface area contributed by atoms with Crippen LogP contribution in [0.1, 0.15) is 5.56 Å². The van der Waals surface area contributed by atoms with Crippen LogP contribution in [0.4, 0.5) is 0 Å². The first-order valence-electron chi connectivity index (χ1n) is 4.73. The highest BCUT2D eigenvalue weighted by Gasteiger charge is 2.06. The number of aromatic nitrogens is 1. The average molecular weight is 254 g/mol. The van der Waals surface area contributed by atoms with Gasteiger partial charge >= 0.3 is 0 Å². The molecule has 2 rings (SSSR count). The first-order chi connectivity index (χ1) is 7.81. The molecule has 0 aliphatic rings. The van der Waals surface area contributed by atoms with Crippen molar-refractivity contribution in [3.63, 3.8) is 0 Å². The molecule has 16 heavy (non-hydrogen) atoms. The Bertz CT molecular complexity index is 488. The number of hydrogen-bond donors (Lipinski definition) is 0. The van der Waals surface area contributed by atoms with Crippen molar-refractivity contribution in [3.8, 4) is 11.6 Å². The van der Waals surface area contributed by atoms with Gasteiger partial charge in [0.25, 0.3) is 0 Å². The SMILES string of the molecule is ClCc1cccnc1Oc1ccccc1Cl. The Labute approximate surface area is 104 Å². The Morgan fingerprint density at radius 1 is 1.12 bits per heavy atom. The summed E-state index contributed by atoms with van der Waals surface area (Å²) in [6, 6.07) is 10.9. The fourth-order valence-electron chi connectivity index (χ4n) is 1.25. The number of benzene rings is 1. The van der Waals surface area contributed by atoms with Crippen molar-refractivity contribution in [1.82, 2.24) is 4.98 Å². The molecule has 2 nitrogen and oxygen atoms in total. The highest BCUT2D eigenvalue weighted by molar-refractivity contribution is 6.32. The molecule has 0 aliphatic heterocycles. The quantitative estimate of drug-likeness (QED) is 0.763. The summed E-state index contributed by atoms with van der Waals surface area (Å²) in [4.78, 5) is 4.12. The Morgan fingerprint density at radius 3 is 2.69 bits per heavy atom. The van der Waals surface area contributed by atoms with Gasteiger partial charge in [0, 0.05) is 11.8 Å². The molecule has 0 aliphatic carbocycles. The summed E-state index contributed by atoms with van der Waals surface area (Å²) in [6.45, 7) is 0.